The van der Waals surface area contributed by atoms with Gasteiger partial charge in [-0.15, -0.1) is 12.3 Å². The molecule has 0 aromatic rings. The first kappa shape index (κ1) is 9.09. The molecule has 1 saturated heterocycles. The number of terminal acetylenes is 1. The minimum atomic E-state index is 0.891. The van der Waals surface area contributed by atoms with Crippen LogP contribution in [0.3, 0.4) is 0 Å². The molecule has 0 spiro atoms. The third kappa shape index (κ3) is 1.89. The van der Waals surface area contributed by atoms with E-state index < -0.39 is 0 Å². The second-order valence-corrected chi connectivity index (χ2v) is 4.39. The number of hydrogen-bond acceptors (Lipinski definition) is 1. The molecule has 2 fully saturated rings. The number of likely N-dealkylation sites (tertiary alicyclic amines) is 1. The van der Waals surface area contributed by atoms with Gasteiger partial charge in [-0.1, -0.05) is 6.42 Å². The van der Waals surface area contributed by atoms with E-state index in [1.807, 2.05) is 0 Å². The van der Waals surface area contributed by atoms with Gasteiger partial charge in [-0.25, -0.2) is 0 Å². The molecule has 72 valence electrons. The van der Waals surface area contributed by atoms with Crippen LogP contribution in [0.4, 0.5) is 0 Å². The molecular formula is C12H19N. The van der Waals surface area contributed by atoms with Gasteiger partial charge in [0.05, 0.1) is 0 Å². The summed E-state index contributed by atoms with van der Waals surface area (Å²) in [7, 11) is 0. The van der Waals surface area contributed by atoms with E-state index in [-0.39, 0.29) is 0 Å². The van der Waals surface area contributed by atoms with E-state index in [2.05, 4.69) is 10.8 Å². The van der Waals surface area contributed by atoms with Crippen molar-refractivity contribution in [3.63, 3.8) is 0 Å². The molecular weight excluding hydrogens is 158 g/mol. The van der Waals surface area contributed by atoms with Gasteiger partial charge in [0.1, 0.15) is 0 Å². The van der Waals surface area contributed by atoms with Crippen molar-refractivity contribution in [3.05, 3.63) is 0 Å². The molecule has 1 nitrogen and oxygen atoms in total. The molecule has 1 heterocycles. The Hall–Kier alpha value is -0.480. The van der Waals surface area contributed by atoms with Crippen molar-refractivity contribution in [1.29, 1.82) is 0 Å². The summed E-state index contributed by atoms with van der Waals surface area (Å²) in [4.78, 5) is 2.64. The quantitative estimate of drug-likeness (QED) is 0.585. The van der Waals surface area contributed by atoms with Crippen molar-refractivity contribution < 1.29 is 0 Å². The van der Waals surface area contributed by atoms with Crippen LogP contribution >= 0.6 is 0 Å². The highest BCUT2D eigenvalue weighted by Gasteiger charge is 2.34. The molecule has 0 N–H and O–H groups in total. The van der Waals surface area contributed by atoms with E-state index in [1.165, 1.54) is 38.6 Å². The van der Waals surface area contributed by atoms with Crippen LogP contribution < -0.4 is 0 Å². The average molecular weight is 177 g/mol. The highest BCUT2D eigenvalue weighted by Crippen LogP contribution is 2.36. The molecule has 0 radical (unpaired) electrons. The van der Waals surface area contributed by atoms with Gasteiger partial charge in [-0.3, -0.25) is 4.90 Å². The van der Waals surface area contributed by atoms with E-state index in [0.717, 1.165) is 24.9 Å². The normalized spacial score (nSPS) is 34.1. The summed E-state index contributed by atoms with van der Waals surface area (Å²) in [6.45, 7) is 2.43. The number of piperidine rings is 1. The summed E-state index contributed by atoms with van der Waals surface area (Å²) in [6.07, 6.45) is 13.4. The van der Waals surface area contributed by atoms with Crippen LogP contribution in [0.1, 0.15) is 38.5 Å². The minimum absolute atomic E-state index is 0.891. The maximum atomic E-state index is 5.31. The Morgan fingerprint density at radius 2 is 2.08 bits per heavy atom. The summed E-state index contributed by atoms with van der Waals surface area (Å²) >= 11 is 0. The second-order valence-electron chi connectivity index (χ2n) is 4.39. The van der Waals surface area contributed by atoms with E-state index in [0.29, 0.717) is 0 Å². The van der Waals surface area contributed by atoms with Crippen molar-refractivity contribution in [3.8, 4) is 12.3 Å². The first-order chi connectivity index (χ1) is 6.42. The van der Waals surface area contributed by atoms with Gasteiger partial charge < -0.3 is 0 Å². The summed E-state index contributed by atoms with van der Waals surface area (Å²) in [5, 5.41) is 0. The van der Waals surface area contributed by atoms with Crippen LogP contribution in [0, 0.1) is 18.3 Å². The van der Waals surface area contributed by atoms with Gasteiger partial charge in [0, 0.05) is 19.0 Å². The van der Waals surface area contributed by atoms with E-state index in [1.54, 1.807) is 0 Å². The molecule has 0 aromatic heterocycles. The number of fused-ring (bicyclic) bond motifs is 1. The van der Waals surface area contributed by atoms with Crippen LogP contribution in [0.5, 0.6) is 0 Å². The Morgan fingerprint density at radius 1 is 1.23 bits per heavy atom. The largest absolute Gasteiger partial charge is 0.299 e. The second kappa shape index (κ2) is 4.15. The average Bonchev–Trinajstić information content (AvgIpc) is 2.62. The SMILES string of the molecule is C#CCCN1CCCC2CCCC21. The van der Waals surface area contributed by atoms with Crippen LogP contribution in [0.15, 0.2) is 0 Å². The van der Waals surface area contributed by atoms with Gasteiger partial charge in [0.15, 0.2) is 0 Å². The third-order valence-corrected chi connectivity index (χ3v) is 3.65. The third-order valence-electron chi connectivity index (χ3n) is 3.65. The number of hydrogen-bond donors (Lipinski definition) is 0. The fourth-order valence-electron chi connectivity index (χ4n) is 3.04. The lowest BCUT2D eigenvalue weighted by Gasteiger charge is -2.37. The maximum Gasteiger partial charge on any atom is 0.0214 e. The van der Waals surface area contributed by atoms with Gasteiger partial charge in [0.25, 0.3) is 0 Å². The molecule has 2 atom stereocenters. The Balaban J connectivity index is 1.90. The zero-order valence-corrected chi connectivity index (χ0v) is 8.34. The summed E-state index contributed by atoms with van der Waals surface area (Å²) < 4.78 is 0. The lowest BCUT2D eigenvalue weighted by atomic mass is 9.92. The Kier molecular flexibility index (Phi) is 2.90. The highest BCUT2D eigenvalue weighted by atomic mass is 15.2. The minimum Gasteiger partial charge on any atom is -0.299 e. The molecule has 1 saturated carbocycles. The Morgan fingerprint density at radius 3 is 2.92 bits per heavy atom. The zero-order valence-electron chi connectivity index (χ0n) is 8.34. The van der Waals surface area contributed by atoms with Gasteiger partial charge in [-0.2, -0.15) is 0 Å². The van der Waals surface area contributed by atoms with Crippen molar-refractivity contribution >= 4 is 0 Å². The molecule has 2 aliphatic rings. The van der Waals surface area contributed by atoms with Crippen LogP contribution in [0.25, 0.3) is 0 Å². The van der Waals surface area contributed by atoms with Crippen molar-refractivity contribution in [2.24, 2.45) is 5.92 Å². The summed E-state index contributed by atoms with van der Waals surface area (Å²) in [5.74, 6) is 3.76. The smallest absolute Gasteiger partial charge is 0.0214 e. The zero-order chi connectivity index (χ0) is 9.10. The summed E-state index contributed by atoms with van der Waals surface area (Å²) in [6, 6.07) is 0.891. The predicted octanol–water partition coefficient (Wildman–Crippen LogP) is 2.27. The van der Waals surface area contributed by atoms with Gasteiger partial charge >= 0.3 is 0 Å². The van der Waals surface area contributed by atoms with Crippen LogP contribution in [-0.4, -0.2) is 24.0 Å². The standard InChI is InChI=1S/C12H19N/c1-2-3-9-13-10-5-7-11-6-4-8-12(11)13/h1,11-12H,3-10H2. The Labute approximate surface area is 81.5 Å². The molecule has 1 aliphatic carbocycles. The van der Waals surface area contributed by atoms with E-state index in [9.17, 15) is 0 Å². The molecule has 0 aromatic carbocycles. The molecule has 0 bridgehead atoms. The predicted molar refractivity (Wildman–Crippen MR) is 55.4 cm³/mol. The Bertz CT molecular complexity index is 204. The molecule has 13 heavy (non-hydrogen) atoms. The van der Waals surface area contributed by atoms with Gasteiger partial charge in [-0.05, 0) is 38.1 Å². The lowest BCUT2D eigenvalue weighted by Crippen LogP contribution is -2.42. The molecule has 1 heteroatoms. The molecule has 2 rings (SSSR count). The van der Waals surface area contributed by atoms with E-state index in [4.69, 9.17) is 6.42 Å². The fourth-order valence-corrected chi connectivity index (χ4v) is 3.04. The first-order valence-electron chi connectivity index (χ1n) is 5.59. The highest BCUT2D eigenvalue weighted by molar-refractivity contribution is 4.92. The lowest BCUT2D eigenvalue weighted by molar-refractivity contribution is 0.116. The number of nitrogens with zero attached hydrogens (tertiary/aromatic N) is 1. The van der Waals surface area contributed by atoms with Crippen molar-refractivity contribution in [1.82, 2.24) is 4.90 Å². The summed E-state index contributed by atoms with van der Waals surface area (Å²) in [5.41, 5.74) is 0. The number of rotatable bonds is 2. The molecule has 0 amide bonds. The first-order valence-corrected chi connectivity index (χ1v) is 5.59. The maximum absolute atomic E-state index is 5.31. The fraction of sp³-hybridized carbons (Fsp3) is 0.833. The van der Waals surface area contributed by atoms with Crippen molar-refractivity contribution in [2.45, 2.75) is 44.6 Å². The van der Waals surface area contributed by atoms with Crippen molar-refractivity contribution in [2.75, 3.05) is 13.1 Å². The molecule has 2 unspecified atom stereocenters. The van der Waals surface area contributed by atoms with E-state index >= 15 is 0 Å². The van der Waals surface area contributed by atoms with Crippen LogP contribution in [0.2, 0.25) is 0 Å². The monoisotopic (exact) mass is 177 g/mol. The molecule has 1 aliphatic heterocycles. The van der Waals surface area contributed by atoms with Gasteiger partial charge in [0.2, 0.25) is 0 Å². The topological polar surface area (TPSA) is 3.24 Å². The van der Waals surface area contributed by atoms with Crippen LogP contribution in [-0.2, 0) is 0 Å².